The molecule has 0 saturated carbocycles. The van der Waals surface area contributed by atoms with Gasteiger partial charge in [0, 0.05) is 17.1 Å². The fourth-order valence-corrected chi connectivity index (χ4v) is 5.77. The molecule has 0 radical (unpaired) electrons. The van der Waals surface area contributed by atoms with E-state index in [1.54, 1.807) is 24.3 Å². The molecule has 2 aromatic rings. The molecule has 4 nitrogen and oxygen atoms in total. The van der Waals surface area contributed by atoms with E-state index in [0.29, 0.717) is 6.42 Å². The third-order valence-corrected chi connectivity index (χ3v) is 7.47. The summed E-state index contributed by atoms with van der Waals surface area (Å²) in [4.78, 5) is 2.59. The van der Waals surface area contributed by atoms with Crippen molar-refractivity contribution >= 4 is 26.0 Å². The maximum Gasteiger partial charge on any atom is 0.297 e. The topological polar surface area (TPSA) is 46.6 Å². The standard InChI is InChI=1S/C20H22BrNO3S/c1-15-4-10-18(11-5-15)26(23,24)25-20(16-6-8-17(21)9-7-16)12-14-22-13-2-3-19(20)22/h4-11,19H,2-3,12-14H2,1H3/t19?,20-/m1/s1. The third-order valence-electron chi connectivity index (χ3n) is 5.57. The average molecular weight is 436 g/mol. The zero-order chi connectivity index (χ0) is 18.4. The Bertz CT molecular complexity index is 896. The van der Waals surface area contributed by atoms with Gasteiger partial charge in [-0.2, -0.15) is 8.42 Å². The van der Waals surface area contributed by atoms with Crippen molar-refractivity contribution in [1.82, 2.24) is 4.90 Å². The van der Waals surface area contributed by atoms with Crippen LogP contribution in [0.4, 0.5) is 0 Å². The Labute approximate surface area is 163 Å². The molecule has 26 heavy (non-hydrogen) atoms. The van der Waals surface area contributed by atoms with E-state index in [1.807, 2.05) is 31.2 Å². The van der Waals surface area contributed by atoms with Gasteiger partial charge in [0.15, 0.2) is 0 Å². The van der Waals surface area contributed by atoms with Gasteiger partial charge in [-0.05, 0) is 62.6 Å². The highest BCUT2D eigenvalue weighted by Crippen LogP contribution is 2.47. The summed E-state index contributed by atoms with van der Waals surface area (Å²) in [5, 5.41) is 0. The van der Waals surface area contributed by atoms with Crippen LogP contribution < -0.4 is 0 Å². The zero-order valence-corrected chi connectivity index (χ0v) is 17.1. The van der Waals surface area contributed by atoms with Crippen LogP contribution in [-0.4, -0.2) is 32.4 Å². The van der Waals surface area contributed by atoms with Gasteiger partial charge in [0.25, 0.3) is 10.1 Å². The smallest absolute Gasteiger partial charge is 0.297 e. The summed E-state index contributed by atoms with van der Waals surface area (Å²) < 4.78 is 33.2. The highest BCUT2D eigenvalue weighted by molar-refractivity contribution is 9.10. The van der Waals surface area contributed by atoms with Gasteiger partial charge in [-0.15, -0.1) is 0 Å². The lowest BCUT2D eigenvalue weighted by molar-refractivity contribution is 0.0431. The van der Waals surface area contributed by atoms with E-state index in [1.165, 1.54) is 0 Å². The zero-order valence-electron chi connectivity index (χ0n) is 14.7. The first kappa shape index (κ1) is 18.2. The highest BCUT2D eigenvalue weighted by atomic mass is 79.9. The van der Waals surface area contributed by atoms with Gasteiger partial charge in [0.05, 0.1) is 4.90 Å². The molecule has 0 aliphatic carbocycles. The van der Waals surface area contributed by atoms with Crippen molar-refractivity contribution in [3.63, 3.8) is 0 Å². The summed E-state index contributed by atoms with van der Waals surface area (Å²) in [6.07, 6.45) is 2.72. The molecule has 1 unspecified atom stereocenters. The van der Waals surface area contributed by atoms with E-state index >= 15 is 0 Å². The number of hydrogen-bond acceptors (Lipinski definition) is 4. The number of aryl methyl sites for hydroxylation is 1. The lowest BCUT2D eigenvalue weighted by atomic mass is 9.85. The predicted octanol–water partition coefficient (Wildman–Crippen LogP) is 4.23. The van der Waals surface area contributed by atoms with E-state index in [4.69, 9.17) is 4.18 Å². The fraction of sp³-hybridized carbons (Fsp3) is 0.400. The lowest BCUT2D eigenvalue weighted by Gasteiger charge is -2.35. The number of rotatable bonds is 4. The van der Waals surface area contributed by atoms with Crippen molar-refractivity contribution in [2.24, 2.45) is 0 Å². The minimum Gasteiger partial charge on any atom is -0.297 e. The van der Waals surface area contributed by atoms with Gasteiger partial charge >= 0.3 is 0 Å². The van der Waals surface area contributed by atoms with Crippen LogP contribution in [0, 0.1) is 6.92 Å². The Morgan fingerprint density at radius 2 is 1.77 bits per heavy atom. The first-order valence-corrected chi connectivity index (χ1v) is 11.1. The van der Waals surface area contributed by atoms with E-state index in [-0.39, 0.29) is 10.9 Å². The Morgan fingerprint density at radius 1 is 1.08 bits per heavy atom. The van der Waals surface area contributed by atoms with Crippen molar-refractivity contribution in [3.8, 4) is 0 Å². The quantitative estimate of drug-likeness (QED) is 0.674. The first-order valence-electron chi connectivity index (χ1n) is 8.93. The first-order chi connectivity index (χ1) is 12.4. The van der Waals surface area contributed by atoms with E-state index in [0.717, 1.165) is 41.5 Å². The predicted molar refractivity (Wildman–Crippen MR) is 104 cm³/mol. The average Bonchev–Trinajstić information content (AvgIpc) is 3.20. The van der Waals surface area contributed by atoms with E-state index in [9.17, 15) is 8.42 Å². The van der Waals surface area contributed by atoms with Gasteiger partial charge in [-0.1, -0.05) is 45.8 Å². The van der Waals surface area contributed by atoms with Crippen LogP contribution >= 0.6 is 15.9 Å². The van der Waals surface area contributed by atoms with Gasteiger partial charge in [-0.3, -0.25) is 9.08 Å². The summed E-state index contributed by atoms with van der Waals surface area (Å²) in [7, 11) is -3.85. The summed E-state index contributed by atoms with van der Waals surface area (Å²) >= 11 is 3.46. The number of fused-ring (bicyclic) bond motifs is 1. The second-order valence-electron chi connectivity index (χ2n) is 7.19. The Morgan fingerprint density at radius 3 is 2.46 bits per heavy atom. The minimum atomic E-state index is -3.85. The molecule has 2 fully saturated rings. The molecule has 2 heterocycles. The second kappa shape index (κ2) is 6.75. The van der Waals surface area contributed by atoms with Crippen LogP contribution in [0.5, 0.6) is 0 Å². The maximum absolute atomic E-state index is 13.1. The normalized spacial score (nSPS) is 26.2. The van der Waals surface area contributed by atoms with Crippen LogP contribution in [0.3, 0.4) is 0 Å². The largest absolute Gasteiger partial charge is 0.297 e. The lowest BCUT2D eigenvalue weighted by Crippen LogP contribution is -2.42. The molecular weight excluding hydrogens is 414 g/mol. The molecule has 4 rings (SSSR count). The molecule has 2 aliphatic rings. The molecule has 0 aromatic heterocycles. The summed E-state index contributed by atoms with van der Waals surface area (Å²) in [6.45, 7) is 3.81. The molecule has 2 aliphatic heterocycles. The van der Waals surface area contributed by atoms with Crippen molar-refractivity contribution < 1.29 is 12.6 Å². The Balaban J connectivity index is 1.76. The van der Waals surface area contributed by atoms with E-state index in [2.05, 4.69) is 20.8 Å². The molecule has 0 bridgehead atoms. The van der Waals surface area contributed by atoms with Crippen molar-refractivity contribution in [2.45, 2.75) is 42.7 Å². The summed E-state index contributed by atoms with van der Waals surface area (Å²) in [5.74, 6) is 0. The van der Waals surface area contributed by atoms with Crippen LogP contribution in [0.25, 0.3) is 0 Å². The summed E-state index contributed by atoms with van der Waals surface area (Å²) in [5.41, 5.74) is 1.14. The van der Waals surface area contributed by atoms with Gasteiger partial charge in [0.2, 0.25) is 0 Å². The molecule has 0 N–H and O–H groups in total. The molecule has 2 saturated heterocycles. The second-order valence-corrected chi connectivity index (χ2v) is 9.65. The van der Waals surface area contributed by atoms with Crippen LogP contribution in [0.15, 0.2) is 57.9 Å². The number of halogens is 1. The van der Waals surface area contributed by atoms with Gasteiger partial charge in [-0.25, -0.2) is 0 Å². The molecular formula is C20H22BrNO3S. The Hall–Kier alpha value is -1.21. The van der Waals surface area contributed by atoms with Crippen LogP contribution in [0.2, 0.25) is 0 Å². The number of benzene rings is 2. The minimum absolute atomic E-state index is 0.101. The molecule has 2 aromatic carbocycles. The number of nitrogens with zero attached hydrogens (tertiary/aromatic N) is 1. The Kier molecular flexibility index (Phi) is 4.72. The van der Waals surface area contributed by atoms with Crippen molar-refractivity contribution in [2.75, 3.05) is 13.1 Å². The highest BCUT2D eigenvalue weighted by Gasteiger charge is 2.53. The summed E-state index contributed by atoms with van der Waals surface area (Å²) in [6, 6.07) is 14.8. The van der Waals surface area contributed by atoms with Crippen molar-refractivity contribution in [3.05, 3.63) is 64.1 Å². The molecule has 2 atom stereocenters. The SMILES string of the molecule is Cc1ccc(S(=O)(=O)O[C@@]2(c3ccc(Br)cc3)CCN3CCCC32)cc1. The van der Waals surface area contributed by atoms with Gasteiger partial charge < -0.3 is 0 Å². The molecule has 0 amide bonds. The monoisotopic (exact) mass is 435 g/mol. The van der Waals surface area contributed by atoms with Crippen molar-refractivity contribution in [1.29, 1.82) is 0 Å². The number of hydrogen-bond donors (Lipinski definition) is 0. The maximum atomic E-state index is 13.1. The van der Waals surface area contributed by atoms with E-state index < -0.39 is 15.7 Å². The molecule has 0 spiro atoms. The van der Waals surface area contributed by atoms with Crippen LogP contribution in [-0.2, 0) is 19.9 Å². The third kappa shape index (κ3) is 3.13. The molecule has 138 valence electrons. The van der Waals surface area contributed by atoms with Crippen LogP contribution in [0.1, 0.15) is 30.4 Å². The van der Waals surface area contributed by atoms with Gasteiger partial charge in [0.1, 0.15) is 5.60 Å². The molecule has 6 heteroatoms. The fourth-order valence-electron chi connectivity index (χ4n) is 4.26.